The van der Waals surface area contributed by atoms with E-state index in [0.717, 1.165) is 93.5 Å². The highest BCUT2D eigenvalue weighted by Gasteiger charge is 2.38. The molecule has 21 heteroatoms. The number of amides is 2. The number of fused-ring (bicyclic) bond motifs is 3. The molecule has 4 fully saturated rings. The number of halogens is 2. The van der Waals surface area contributed by atoms with Gasteiger partial charge in [0, 0.05) is 104 Å². The minimum atomic E-state index is -1.07. The van der Waals surface area contributed by atoms with Gasteiger partial charge >= 0.3 is 12.0 Å². The molecule has 0 aliphatic carbocycles. The van der Waals surface area contributed by atoms with Crippen LogP contribution >= 0.6 is 0 Å². The van der Waals surface area contributed by atoms with Gasteiger partial charge in [0.25, 0.3) is 11.8 Å². The lowest BCUT2D eigenvalue weighted by Gasteiger charge is -2.42. The summed E-state index contributed by atoms with van der Waals surface area (Å²) in [4.78, 5) is 60.2. The van der Waals surface area contributed by atoms with Gasteiger partial charge in [0.1, 0.15) is 24.8 Å². The molecule has 2 amide bonds. The predicted octanol–water partition coefficient (Wildman–Crippen LogP) is 8.10. The number of anilines is 4. The molecule has 0 radical (unpaired) electrons. The Balaban J connectivity index is 0.872. The number of carbonyl (C=O) groups excluding carboxylic acids is 2. The highest BCUT2D eigenvalue weighted by molar-refractivity contribution is 5.99. The van der Waals surface area contributed by atoms with E-state index < -0.39 is 35.6 Å². The quantitative estimate of drug-likeness (QED) is 0.0735. The minimum Gasteiger partial charge on any atom is -0.462 e. The molecule has 454 valence electrons. The second kappa shape index (κ2) is 26.2. The van der Waals surface area contributed by atoms with Gasteiger partial charge in [0.05, 0.1) is 68.1 Å². The van der Waals surface area contributed by atoms with Crippen LogP contribution in [0.25, 0.3) is 21.5 Å². The molecule has 5 aliphatic heterocycles. The monoisotopic (exact) mass is 1180 g/mol. The summed E-state index contributed by atoms with van der Waals surface area (Å²) in [6.45, 7) is 18.8. The van der Waals surface area contributed by atoms with Crippen LogP contribution in [-0.2, 0) is 35.7 Å². The lowest BCUT2D eigenvalue weighted by Crippen LogP contribution is -2.55. The molecule has 2 N–H and O–H groups in total. The Hall–Kier alpha value is -8.50. The number of nitrogens with one attached hydrogen (secondary N) is 1. The van der Waals surface area contributed by atoms with Crippen molar-refractivity contribution in [2.24, 2.45) is 0 Å². The Morgan fingerprint density at radius 1 is 0.782 bits per heavy atom. The number of rotatable bonds is 19. The highest BCUT2D eigenvalue weighted by atomic mass is 19.1. The lowest BCUT2D eigenvalue weighted by molar-refractivity contribution is -0.132. The van der Waals surface area contributed by atoms with Crippen LogP contribution in [-0.4, -0.2) is 161 Å². The third-order valence-electron chi connectivity index (χ3n) is 18.3. The van der Waals surface area contributed by atoms with Crippen molar-refractivity contribution in [2.75, 3.05) is 105 Å². The number of aromatic nitrogens is 4. The maximum Gasteiger partial charge on any atom is 0.318 e. The van der Waals surface area contributed by atoms with Gasteiger partial charge in [-0.25, -0.2) is 8.78 Å². The highest BCUT2D eigenvalue weighted by Crippen LogP contribution is 2.42. The Morgan fingerprint density at radius 3 is 2.10 bits per heavy atom. The van der Waals surface area contributed by atoms with Gasteiger partial charge in [0.15, 0.2) is 11.7 Å². The van der Waals surface area contributed by atoms with E-state index in [0.29, 0.717) is 77.1 Å². The van der Waals surface area contributed by atoms with Crippen molar-refractivity contribution in [2.45, 2.75) is 109 Å². The smallest absolute Gasteiger partial charge is 0.318 e. The maximum atomic E-state index is 14.3. The van der Waals surface area contributed by atoms with Crippen molar-refractivity contribution in [1.29, 1.82) is 10.5 Å². The summed E-state index contributed by atoms with van der Waals surface area (Å²) in [5, 5.41) is 37.9. The first kappa shape index (κ1) is 60.2. The van der Waals surface area contributed by atoms with Gasteiger partial charge in [-0.1, -0.05) is 67.8 Å². The lowest BCUT2D eigenvalue weighted by atomic mass is 9.91. The van der Waals surface area contributed by atoms with E-state index in [1.165, 1.54) is 20.7 Å². The molecule has 2 aromatic heterocycles. The van der Waals surface area contributed by atoms with E-state index in [4.69, 9.17) is 29.4 Å². The molecule has 11 rings (SSSR count). The predicted molar refractivity (Wildman–Crippen MR) is 331 cm³/mol. The van der Waals surface area contributed by atoms with Crippen molar-refractivity contribution in [3.8, 4) is 24.2 Å². The average Bonchev–Trinajstić information content (AvgIpc) is 2.03. The maximum absolute atomic E-state index is 14.3. The van der Waals surface area contributed by atoms with Gasteiger partial charge in [-0.15, -0.1) is 0 Å². The molecule has 19 nitrogen and oxygen atoms in total. The van der Waals surface area contributed by atoms with Crippen LogP contribution in [0.4, 0.5) is 31.8 Å². The third-order valence-corrected chi connectivity index (χ3v) is 18.3. The molecular formula is C66H76F2N14O5. The number of aliphatic hydroxyl groups excluding tert-OH is 1. The van der Waals surface area contributed by atoms with Crippen molar-refractivity contribution in [1.82, 2.24) is 40.0 Å². The zero-order valence-corrected chi connectivity index (χ0v) is 50.2. The van der Waals surface area contributed by atoms with E-state index in [1.807, 2.05) is 42.2 Å². The first-order valence-electron chi connectivity index (χ1n) is 30.3. The fourth-order valence-corrected chi connectivity index (χ4v) is 13.7. The number of ether oxygens (including phenoxy) is 2. The molecule has 4 saturated heterocycles. The number of likely N-dealkylation sites (tertiary alicyclic amines) is 1. The van der Waals surface area contributed by atoms with Gasteiger partial charge in [-0.3, -0.25) is 14.5 Å². The molecule has 0 saturated carbocycles. The zero-order chi connectivity index (χ0) is 61.0. The minimum absolute atomic E-state index is 0.00395. The average molecular weight is 1180 g/mol. The Bertz CT molecular complexity index is 3690. The van der Waals surface area contributed by atoms with Crippen molar-refractivity contribution in [3.63, 3.8) is 0 Å². The fraction of sp³-hybridized carbons (Fsp3) is 0.455. The van der Waals surface area contributed by atoms with Crippen LogP contribution in [0.5, 0.6) is 12.0 Å². The Labute approximate surface area is 507 Å². The van der Waals surface area contributed by atoms with E-state index in [1.54, 1.807) is 0 Å². The van der Waals surface area contributed by atoms with Crippen LogP contribution in [0.15, 0.2) is 91.5 Å². The van der Waals surface area contributed by atoms with Crippen molar-refractivity contribution in [3.05, 3.63) is 131 Å². The molecule has 0 bridgehead atoms. The first-order chi connectivity index (χ1) is 42.1. The number of hydrogen-bond donors (Lipinski definition) is 2. The molecule has 6 aromatic rings. The largest absolute Gasteiger partial charge is 0.462 e. The zero-order valence-electron chi connectivity index (χ0n) is 50.2. The van der Waals surface area contributed by atoms with Crippen molar-refractivity contribution < 1.29 is 33.0 Å². The van der Waals surface area contributed by atoms with Gasteiger partial charge < -0.3 is 49.3 Å². The number of aliphatic hydroxyl groups is 1. The van der Waals surface area contributed by atoms with E-state index >= 15 is 0 Å². The van der Waals surface area contributed by atoms with Crippen molar-refractivity contribution >= 4 is 56.4 Å². The number of nitrogens with zero attached hydrogens (tertiary/aromatic N) is 13. The molecule has 0 spiro atoms. The summed E-state index contributed by atoms with van der Waals surface area (Å²) in [5.74, 6) is -2.26. The second-order valence-corrected chi connectivity index (χ2v) is 23.7. The standard InChI is InChI=1S/C66H76F2N14O5/c1-7-77(57-18-10-14-45-13-9-16-47(38-83)60(45)57)36-55-42(3)61(79-26-28-81(63(84)43(4)67)51(34-79)19-22-69)74-65(72-55)87-40-53-31-49(33-76(53)6)48-30-46-15-8-12-41(2)59(46)58(32-48)78-25-21-54-56(37-78)73-66(86-39-50-17-11-24-71-50)75-62(54)80-27-29-82(64(85)44(5)68)52(35-80)20-23-70/h8-10,12-16,18,30,32,49-53,71,83H,4-5,7,11,17,19-21,24-29,31,33-40H2,1-3,6H3/t49?,50-,51-,52-,53-/m0/s1. The Kier molecular flexibility index (Phi) is 18.1. The number of aryl methyl sites for hydroxylation is 1. The van der Waals surface area contributed by atoms with Gasteiger partial charge in [0.2, 0.25) is 0 Å². The molecule has 5 atom stereocenters. The summed E-state index contributed by atoms with van der Waals surface area (Å²) < 4.78 is 41.7. The normalized spacial score (nSPS) is 20.6. The summed E-state index contributed by atoms with van der Waals surface area (Å²) in [7, 11) is 2.12. The number of hydrogen-bond acceptors (Lipinski definition) is 17. The number of likely N-dealkylation sites (N-methyl/N-ethyl adjacent to an activating group) is 1. The van der Waals surface area contributed by atoms with Crippen LogP contribution in [0.2, 0.25) is 0 Å². The summed E-state index contributed by atoms with van der Waals surface area (Å²) in [6.07, 6.45) is 3.51. The van der Waals surface area contributed by atoms with Gasteiger partial charge in [-0.05, 0) is 106 Å². The summed E-state index contributed by atoms with van der Waals surface area (Å²) in [6, 6.07) is 27.0. The SMILES string of the molecule is C=C(F)C(=O)N1CCN(c2nc(OC[C@@H]3CC(c4cc(N5CCc6c(nc(OC[C@@H]7CCCN7)nc6N6CCN(C(=O)C(=C)F)[C@@H](CC#N)C6)C5)c5c(C)cccc5c4)CN3C)nc(CN(CC)c3cccc4cccc(CO)c34)c2C)C[C@@H]1CC#N. The van der Waals surface area contributed by atoms with Crippen LogP contribution in [0.1, 0.15) is 84.2 Å². The summed E-state index contributed by atoms with van der Waals surface area (Å²) >= 11 is 0. The summed E-state index contributed by atoms with van der Waals surface area (Å²) in [5.41, 5.74) is 8.63. The number of nitriles is 2. The number of carbonyl (C=O) groups is 2. The third kappa shape index (κ3) is 12.6. The molecule has 5 aliphatic rings. The second-order valence-electron chi connectivity index (χ2n) is 23.7. The number of piperazine rings is 2. The molecule has 4 aromatic carbocycles. The van der Waals surface area contributed by atoms with E-state index in [9.17, 15) is 34.0 Å². The van der Waals surface area contributed by atoms with E-state index in [-0.39, 0.29) is 69.1 Å². The first-order valence-corrected chi connectivity index (χ1v) is 30.3. The van der Waals surface area contributed by atoms with E-state index in [2.05, 4.69) is 108 Å². The molecule has 7 heterocycles. The molecular weight excluding hydrogens is 1110 g/mol. The topological polar surface area (TPSA) is 207 Å². The molecule has 87 heavy (non-hydrogen) atoms. The van der Waals surface area contributed by atoms with Crippen LogP contribution in [0.3, 0.4) is 0 Å². The van der Waals surface area contributed by atoms with Crippen LogP contribution in [0, 0.1) is 36.5 Å². The number of benzene rings is 4. The molecule has 1 unspecified atom stereocenters. The Morgan fingerprint density at radius 2 is 1.44 bits per heavy atom. The fourth-order valence-electron chi connectivity index (χ4n) is 13.7. The van der Waals surface area contributed by atoms with Gasteiger partial charge in [-0.2, -0.15) is 30.5 Å². The van der Waals surface area contributed by atoms with Crippen LogP contribution < -0.4 is 34.4 Å².